The number of hydrogen-bond acceptors (Lipinski definition) is 6. The molecule has 0 radical (unpaired) electrons. The van der Waals surface area contributed by atoms with Crippen LogP contribution in [0.3, 0.4) is 0 Å². The number of esters is 2. The van der Waals surface area contributed by atoms with Gasteiger partial charge in [0.25, 0.3) is 0 Å². The van der Waals surface area contributed by atoms with Crippen LogP contribution in [0.25, 0.3) is 0 Å². The van der Waals surface area contributed by atoms with E-state index in [1.807, 2.05) is 6.92 Å². The normalized spacial score (nSPS) is 22.8. The Morgan fingerprint density at radius 3 is 2.12 bits per heavy atom. The van der Waals surface area contributed by atoms with Crippen LogP contribution >= 0.6 is 0 Å². The first-order valence-electron chi connectivity index (χ1n) is 8.28. The molecule has 1 amide bonds. The second-order valence-electron chi connectivity index (χ2n) is 5.67. The van der Waals surface area contributed by atoms with E-state index in [0.717, 1.165) is 5.57 Å². The van der Waals surface area contributed by atoms with E-state index in [1.165, 1.54) is 4.90 Å². The van der Waals surface area contributed by atoms with Crippen molar-refractivity contribution >= 4 is 18.0 Å². The largest absolute Gasteiger partial charge is 0.466 e. The van der Waals surface area contributed by atoms with Crippen molar-refractivity contribution in [1.29, 1.82) is 0 Å². The van der Waals surface area contributed by atoms with Gasteiger partial charge in [0.15, 0.2) is 0 Å². The van der Waals surface area contributed by atoms with Gasteiger partial charge in [0, 0.05) is 18.4 Å². The van der Waals surface area contributed by atoms with Gasteiger partial charge in [-0.05, 0) is 27.7 Å². The predicted molar refractivity (Wildman–Crippen MR) is 87.2 cm³/mol. The van der Waals surface area contributed by atoms with Gasteiger partial charge in [-0.25, -0.2) is 9.59 Å². The lowest BCUT2D eigenvalue weighted by atomic mass is 9.84. The molecule has 1 aliphatic rings. The van der Waals surface area contributed by atoms with E-state index in [1.54, 1.807) is 20.8 Å². The Balaban J connectivity index is 3.13. The molecular formula is C17H27NO6. The third kappa shape index (κ3) is 4.72. The fourth-order valence-corrected chi connectivity index (χ4v) is 3.02. The van der Waals surface area contributed by atoms with E-state index >= 15 is 0 Å². The summed E-state index contributed by atoms with van der Waals surface area (Å²) in [4.78, 5) is 38.0. The minimum absolute atomic E-state index is 0.0186. The number of ether oxygens (including phenoxy) is 3. The van der Waals surface area contributed by atoms with Crippen LogP contribution in [-0.4, -0.2) is 55.3 Å². The Labute approximate surface area is 142 Å². The lowest BCUT2D eigenvalue weighted by Crippen LogP contribution is -2.45. The van der Waals surface area contributed by atoms with Gasteiger partial charge in [0.1, 0.15) is 6.04 Å². The van der Waals surface area contributed by atoms with Gasteiger partial charge in [-0.1, -0.05) is 12.2 Å². The Bertz CT molecular complexity index is 489. The van der Waals surface area contributed by atoms with Crippen LogP contribution in [0.4, 0.5) is 4.79 Å². The van der Waals surface area contributed by atoms with E-state index < -0.39 is 30.0 Å². The third-order valence-electron chi connectivity index (χ3n) is 4.02. The standard InChI is InChI=1S/C17H27NO6/c1-6-22-14(19)9-12-13(11(4)5)10-18(17(21)24-8-3)15(12)16(20)23-7-2/h12-13,15H,4,6-10H2,1-3,5H3. The van der Waals surface area contributed by atoms with E-state index in [9.17, 15) is 14.4 Å². The van der Waals surface area contributed by atoms with Crippen LogP contribution in [0, 0.1) is 11.8 Å². The quantitative estimate of drug-likeness (QED) is 0.401. The number of carbonyl (C=O) groups is 3. The highest BCUT2D eigenvalue weighted by Gasteiger charge is 2.50. The topological polar surface area (TPSA) is 82.1 Å². The first kappa shape index (κ1) is 20.0. The number of likely N-dealkylation sites (tertiary alicyclic amines) is 1. The second-order valence-corrected chi connectivity index (χ2v) is 5.67. The summed E-state index contributed by atoms with van der Waals surface area (Å²) in [5.41, 5.74) is 0.797. The highest BCUT2D eigenvalue weighted by atomic mass is 16.6. The molecule has 3 atom stereocenters. The number of carbonyl (C=O) groups excluding carboxylic acids is 3. The maximum atomic E-state index is 12.4. The highest BCUT2D eigenvalue weighted by Crippen LogP contribution is 2.37. The molecule has 0 aliphatic carbocycles. The first-order valence-corrected chi connectivity index (χ1v) is 8.28. The molecule has 136 valence electrons. The first-order chi connectivity index (χ1) is 11.4. The molecule has 7 nitrogen and oxygen atoms in total. The Hall–Kier alpha value is -2.05. The van der Waals surface area contributed by atoms with E-state index in [2.05, 4.69) is 6.58 Å². The summed E-state index contributed by atoms with van der Waals surface area (Å²) in [5.74, 6) is -1.59. The van der Waals surface area contributed by atoms with Crippen molar-refractivity contribution in [1.82, 2.24) is 4.90 Å². The molecule has 1 heterocycles. The zero-order chi connectivity index (χ0) is 18.3. The third-order valence-corrected chi connectivity index (χ3v) is 4.02. The van der Waals surface area contributed by atoms with Crippen molar-refractivity contribution in [3.63, 3.8) is 0 Å². The van der Waals surface area contributed by atoms with Gasteiger partial charge >= 0.3 is 18.0 Å². The molecule has 1 saturated heterocycles. The van der Waals surface area contributed by atoms with Gasteiger partial charge in [0.2, 0.25) is 0 Å². The molecule has 0 aromatic heterocycles. The van der Waals surface area contributed by atoms with Crippen molar-refractivity contribution in [2.75, 3.05) is 26.4 Å². The highest BCUT2D eigenvalue weighted by molar-refractivity contribution is 5.84. The molecule has 0 spiro atoms. The van der Waals surface area contributed by atoms with Gasteiger partial charge in [0.05, 0.1) is 26.2 Å². The molecule has 0 aromatic carbocycles. The average molecular weight is 341 g/mol. The minimum Gasteiger partial charge on any atom is -0.466 e. The second kappa shape index (κ2) is 9.30. The Morgan fingerprint density at radius 1 is 1.04 bits per heavy atom. The maximum Gasteiger partial charge on any atom is 0.410 e. The van der Waals surface area contributed by atoms with Crippen molar-refractivity contribution in [2.45, 2.75) is 40.2 Å². The van der Waals surface area contributed by atoms with Crippen LogP contribution < -0.4 is 0 Å². The summed E-state index contributed by atoms with van der Waals surface area (Å²) in [5, 5.41) is 0. The molecule has 0 saturated carbocycles. The molecule has 0 bridgehead atoms. The van der Waals surface area contributed by atoms with Crippen LogP contribution in [0.15, 0.2) is 12.2 Å². The Morgan fingerprint density at radius 2 is 1.62 bits per heavy atom. The molecular weight excluding hydrogens is 314 g/mol. The van der Waals surface area contributed by atoms with Crippen LogP contribution in [0.2, 0.25) is 0 Å². The summed E-state index contributed by atoms with van der Waals surface area (Å²) >= 11 is 0. The number of hydrogen-bond donors (Lipinski definition) is 0. The number of rotatable bonds is 7. The van der Waals surface area contributed by atoms with Crippen molar-refractivity contribution in [3.8, 4) is 0 Å². The SMILES string of the molecule is C=C(C)C1CN(C(=O)OCC)C(C(=O)OCC)C1CC(=O)OCC. The van der Waals surface area contributed by atoms with Gasteiger partial charge < -0.3 is 14.2 Å². The van der Waals surface area contributed by atoms with Gasteiger partial charge in [-0.2, -0.15) is 0 Å². The fraction of sp³-hybridized carbons (Fsp3) is 0.706. The number of nitrogens with zero attached hydrogens (tertiary/aromatic N) is 1. The fourth-order valence-electron chi connectivity index (χ4n) is 3.02. The molecule has 1 fully saturated rings. The van der Waals surface area contributed by atoms with Crippen LogP contribution in [0.5, 0.6) is 0 Å². The summed E-state index contributed by atoms with van der Waals surface area (Å²) in [6.07, 6.45) is -0.571. The molecule has 24 heavy (non-hydrogen) atoms. The van der Waals surface area contributed by atoms with Crippen LogP contribution in [0.1, 0.15) is 34.1 Å². The molecule has 0 N–H and O–H groups in total. The zero-order valence-electron chi connectivity index (χ0n) is 14.9. The summed E-state index contributed by atoms with van der Waals surface area (Å²) in [6.45, 7) is 11.8. The molecule has 7 heteroatoms. The van der Waals surface area contributed by atoms with Gasteiger partial charge in [-0.3, -0.25) is 9.69 Å². The van der Waals surface area contributed by atoms with E-state index in [4.69, 9.17) is 14.2 Å². The lowest BCUT2D eigenvalue weighted by molar-refractivity contribution is -0.151. The molecule has 1 rings (SSSR count). The minimum atomic E-state index is -0.880. The molecule has 3 unspecified atom stereocenters. The Kier molecular flexibility index (Phi) is 7.74. The summed E-state index contributed by atoms with van der Waals surface area (Å²) < 4.78 is 15.2. The van der Waals surface area contributed by atoms with E-state index in [0.29, 0.717) is 0 Å². The summed E-state index contributed by atoms with van der Waals surface area (Å²) in [7, 11) is 0. The number of amides is 1. The smallest absolute Gasteiger partial charge is 0.410 e. The zero-order valence-corrected chi connectivity index (χ0v) is 14.9. The van der Waals surface area contributed by atoms with Crippen molar-refractivity contribution in [2.24, 2.45) is 11.8 Å². The van der Waals surface area contributed by atoms with Crippen molar-refractivity contribution < 1.29 is 28.6 Å². The summed E-state index contributed by atoms with van der Waals surface area (Å²) in [6, 6.07) is -0.880. The average Bonchev–Trinajstić information content (AvgIpc) is 2.87. The van der Waals surface area contributed by atoms with E-state index in [-0.39, 0.29) is 38.7 Å². The predicted octanol–water partition coefficient (Wildman–Crippen LogP) is 2.15. The van der Waals surface area contributed by atoms with Crippen LogP contribution in [-0.2, 0) is 23.8 Å². The monoisotopic (exact) mass is 341 g/mol. The maximum absolute atomic E-state index is 12.4. The lowest BCUT2D eigenvalue weighted by Gasteiger charge is -2.25. The molecule has 1 aliphatic heterocycles. The van der Waals surface area contributed by atoms with Crippen molar-refractivity contribution in [3.05, 3.63) is 12.2 Å². The van der Waals surface area contributed by atoms with Gasteiger partial charge in [-0.15, -0.1) is 0 Å². The molecule has 0 aromatic rings.